The van der Waals surface area contributed by atoms with E-state index >= 15 is 0 Å². The van der Waals surface area contributed by atoms with Crippen LogP contribution in [0.3, 0.4) is 0 Å². The van der Waals surface area contributed by atoms with Gasteiger partial charge in [-0.05, 0) is 0 Å². The third kappa shape index (κ3) is 19.1. The molecule has 0 fully saturated rings. The topological polar surface area (TPSA) is 14.1 Å². The van der Waals surface area contributed by atoms with E-state index in [9.17, 15) is 0 Å². The minimum Gasteiger partial charge on any atom is -1.00 e. The minimum atomic E-state index is -1.01. The summed E-state index contributed by atoms with van der Waals surface area (Å²) in [5.41, 5.74) is 0. The molecule has 0 atom stereocenters. The number of hydrogen-bond donors (Lipinski definition) is 0. The largest absolute Gasteiger partial charge is 1.00 e. The van der Waals surface area contributed by atoms with Crippen LogP contribution in [0.1, 0.15) is 34.1 Å². The summed E-state index contributed by atoms with van der Waals surface area (Å²) in [4.78, 5) is 0. The molecular weight excluding hydrogens is 368 g/mol. The molecule has 1 nitrogen and oxygen atoms in total. The van der Waals surface area contributed by atoms with Crippen LogP contribution in [0.4, 0.5) is 0 Å². The van der Waals surface area contributed by atoms with Crippen LogP contribution in [0.15, 0.2) is 17.3 Å². The molecule has 0 aromatic heterocycles. The Kier molecular flexibility index (Phi) is 27.1. The quantitative estimate of drug-likeness (QED) is 0.340. The van der Waals surface area contributed by atoms with Crippen LogP contribution in [-0.4, -0.2) is 20.2 Å². The van der Waals surface area contributed by atoms with E-state index in [1.807, 2.05) is 0 Å². The van der Waals surface area contributed by atoms with Crippen molar-refractivity contribution in [2.75, 3.05) is 0 Å². The molecule has 1 aliphatic carbocycles. The first-order valence-electron chi connectivity index (χ1n) is 6.21. The van der Waals surface area contributed by atoms with Crippen molar-refractivity contribution in [2.45, 2.75) is 65.8 Å². The maximum absolute atomic E-state index is 4.28. The average Bonchev–Trinajstić information content (AvgIpc) is 2.51. The Labute approximate surface area is 158 Å². The van der Waals surface area contributed by atoms with Crippen molar-refractivity contribution < 1.29 is 55.8 Å². The Balaban J connectivity index is -0.0000000640. The van der Waals surface area contributed by atoms with Gasteiger partial charge >= 0.3 is 0 Å². The van der Waals surface area contributed by atoms with Gasteiger partial charge in [-0.1, -0.05) is 47.3 Å². The van der Waals surface area contributed by atoms with Gasteiger partial charge < -0.3 is 42.5 Å². The molecule has 0 aliphatic heterocycles. The van der Waals surface area contributed by atoms with Crippen molar-refractivity contribution >= 4 is 8.07 Å². The predicted octanol–water partition coefficient (Wildman–Crippen LogP) is -4.26. The van der Waals surface area contributed by atoms with Crippen molar-refractivity contribution in [3.05, 3.63) is 28.7 Å². The molecule has 1 aliphatic rings. The first-order valence-corrected chi connectivity index (χ1v) is 9.71. The van der Waals surface area contributed by atoms with Gasteiger partial charge in [-0.15, -0.1) is 18.5 Å². The van der Waals surface area contributed by atoms with Gasteiger partial charge in [-0.2, -0.15) is 6.08 Å². The van der Waals surface area contributed by atoms with Gasteiger partial charge in [-0.3, -0.25) is 6.08 Å². The first-order chi connectivity index (χ1) is 7.23. The molecule has 0 heterocycles. The number of nitrogens with zero attached hydrogens (tertiary/aromatic N) is 1. The second-order valence-electron chi connectivity index (χ2n) is 5.78. The van der Waals surface area contributed by atoms with Crippen molar-refractivity contribution in [3.8, 4) is 0 Å². The molecule has 0 saturated heterocycles. The molecule has 0 unspecified atom stereocenters. The van der Waals surface area contributed by atoms with Crippen molar-refractivity contribution in [1.29, 1.82) is 0 Å². The van der Waals surface area contributed by atoms with Crippen LogP contribution in [-0.2, 0) is 18.6 Å². The smallest absolute Gasteiger partial charge is 0.0393 e. The normalized spacial score (nSPS) is 12.2. The Morgan fingerprint density at radius 3 is 1.50 bits per heavy atom. The van der Waals surface area contributed by atoms with E-state index in [0.717, 1.165) is 6.42 Å². The SMILES string of the molecule is CC(C)[N-]C(C)C.C[Si](C)(C)C1=[C-]CC=C1.[Cl-].[Cl-].[Cl-].[V]. The zero-order valence-corrected chi connectivity index (χ0v) is 18.2. The van der Waals surface area contributed by atoms with Crippen molar-refractivity contribution in [2.24, 2.45) is 0 Å². The number of halogens is 3. The third-order valence-corrected chi connectivity index (χ3v) is 4.06. The summed E-state index contributed by atoms with van der Waals surface area (Å²) in [5.74, 6) is 0. The molecule has 0 amide bonds. The van der Waals surface area contributed by atoms with Gasteiger partial charge in [0, 0.05) is 26.6 Å². The van der Waals surface area contributed by atoms with Gasteiger partial charge in [0.2, 0.25) is 0 Å². The van der Waals surface area contributed by atoms with Crippen LogP contribution in [0.25, 0.3) is 5.32 Å². The Bertz CT molecular complexity index is 256. The summed E-state index contributed by atoms with van der Waals surface area (Å²) in [6.07, 6.45) is 8.82. The van der Waals surface area contributed by atoms with E-state index in [4.69, 9.17) is 0 Å². The van der Waals surface area contributed by atoms with E-state index in [0.29, 0.717) is 12.1 Å². The van der Waals surface area contributed by atoms with E-state index in [1.54, 1.807) is 0 Å². The molecular formula is C14H27Cl3NSiV-5. The van der Waals surface area contributed by atoms with Crippen LogP contribution in [0, 0.1) is 6.08 Å². The molecule has 0 N–H and O–H groups in total. The molecule has 1 rings (SSSR count). The summed E-state index contributed by atoms with van der Waals surface area (Å²) in [7, 11) is -1.01. The minimum absolute atomic E-state index is 0. The van der Waals surface area contributed by atoms with Crippen LogP contribution < -0.4 is 37.2 Å². The number of allylic oxidation sites excluding steroid dienone is 4. The maximum atomic E-state index is 4.28. The zero-order valence-electron chi connectivity index (χ0n) is 13.5. The maximum Gasteiger partial charge on any atom is 0.0393 e. The molecule has 6 heteroatoms. The molecule has 0 bridgehead atoms. The van der Waals surface area contributed by atoms with Gasteiger partial charge in [-0.25, -0.2) is 11.3 Å². The molecule has 123 valence electrons. The Morgan fingerprint density at radius 2 is 1.40 bits per heavy atom. The summed E-state index contributed by atoms with van der Waals surface area (Å²) in [5, 5.41) is 5.77. The Morgan fingerprint density at radius 1 is 1.00 bits per heavy atom. The second kappa shape index (κ2) is 16.5. The summed E-state index contributed by atoms with van der Waals surface area (Å²) in [6.45, 7) is 15.4. The van der Waals surface area contributed by atoms with E-state index in [1.165, 1.54) is 5.20 Å². The van der Waals surface area contributed by atoms with Crippen LogP contribution in [0.2, 0.25) is 19.6 Å². The van der Waals surface area contributed by atoms with Gasteiger partial charge in [0.25, 0.3) is 0 Å². The summed E-state index contributed by atoms with van der Waals surface area (Å²) >= 11 is 0. The predicted molar refractivity (Wildman–Crippen MR) is 77.5 cm³/mol. The van der Waals surface area contributed by atoms with Gasteiger partial charge in [0.1, 0.15) is 0 Å². The standard InChI is InChI=1S/C8H13Si.C6H14N.3ClH.V/c1-9(2,3)8-6-4-5-7-8;1-5(2)7-6(3)4;;;;/h4,6H,5H2,1-3H3;5-6H,1-4H3;3*1H;/q2*-1;;;;/p-3. The number of hydrogen-bond acceptors (Lipinski definition) is 0. The molecule has 0 aromatic carbocycles. The van der Waals surface area contributed by atoms with Crippen molar-refractivity contribution in [3.63, 3.8) is 0 Å². The molecule has 0 saturated carbocycles. The summed E-state index contributed by atoms with van der Waals surface area (Å²) in [6, 6.07) is 1.000. The molecule has 0 spiro atoms. The van der Waals surface area contributed by atoms with Crippen molar-refractivity contribution in [1.82, 2.24) is 0 Å². The fourth-order valence-electron chi connectivity index (χ4n) is 1.52. The summed E-state index contributed by atoms with van der Waals surface area (Å²) < 4.78 is 0. The average molecular weight is 395 g/mol. The fourth-order valence-corrected chi connectivity index (χ4v) is 2.77. The van der Waals surface area contributed by atoms with Crippen LogP contribution in [0.5, 0.6) is 0 Å². The third-order valence-electron chi connectivity index (χ3n) is 2.10. The Hall–Kier alpha value is 1.11. The first kappa shape index (κ1) is 32.9. The van der Waals surface area contributed by atoms with Crippen LogP contribution >= 0.6 is 0 Å². The van der Waals surface area contributed by atoms with E-state index in [-0.39, 0.29) is 55.8 Å². The molecule has 0 aromatic rings. The number of rotatable bonds is 3. The second-order valence-corrected chi connectivity index (χ2v) is 10.8. The van der Waals surface area contributed by atoms with Gasteiger partial charge in [0.05, 0.1) is 0 Å². The molecule has 20 heavy (non-hydrogen) atoms. The van der Waals surface area contributed by atoms with E-state index in [2.05, 4.69) is 70.9 Å². The molecule has 1 radical (unpaired) electrons. The van der Waals surface area contributed by atoms with Gasteiger partial charge in [0.15, 0.2) is 0 Å². The monoisotopic (exact) mass is 393 g/mol. The van der Waals surface area contributed by atoms with E-state index < -0.39 is 8.07 Å². The zero-order chi connectivity index (χ0) is 12.8. The fraction of sp³-hybridized carbons (Fsp3) is 0.714.